The molecule has 0 radical (unpaired) electrons. The van der Waals surface area contributed by atoms with Crippen LogP contribution >= 0.6 is 0 Å². The van der Waals surface area contributed by atoms with Gasteiger partial charge in [0.1, 0.15) is 0 Å². The molecule has 0 spiro atoms. The third kappa shape index (κ3) is 5.04. The van der Waals surface area contributed by atoms with Crippen molar-refractivity contribution in [2.24, 2.45) is 0 Å². The minimum Gasteiger partial charge on any atom is -0.375 e. The second-order valence-corrected chi connectivity index (χ2v) is 7.43. The van der Waals surface area contributed by atoms with Crippen LogP contribution < -0.4 is 5.32 Å². The van der Waals surface area contributed by atoms with Gasteiger partial charge in [-0.25, -0.2) is 0 Å². The van der Waals surface area contributed by atoms with Crippen LogP contribution in [0.4, 0.5) is 0 Å². The lowest BCUT2D eigenvalue weighted by molar-refractivity contribution is -0.134. The van der Waals surface area contributed by atoms with E-state index < -0.39 is 0 Å². The molecule has 8 nitrogen and oxygen atoms in total. The Hall–Kier alpha value is -1.93. The zero-order valence-corrected chi connectivity index (χ0v) is 15.6. The quantitative estimate of drug-likeness (QED) is 0.743. The van der Waals surface area contributed by atoms with Crippen LogP contribution in [-0.2, 0) is 20.9 Å². The van der Waals surface area contributed by atoms with Crippen LogP contribution in [0.5, 0.6) is 0 Å². The fourth-order valence-corrected chi connectivity index (χ4v) is 3.68. The van der Waals surface area contributed by atoms with Crippen LogP contribution in [0.3, 0.4) is 0 Å². The molecule has 0 aliphatic carbocycles. The van der Waals surface area contributed by atoms with Crippen molar-refractivity contribution in [2.45, 2.75) is 50.4 Å². The molecular formula is C18H29N5O3. The molecule has 1 N–H and O–H groups in total. The van der Waals surface area contributed by atoms with E-state index in [1.807, 2.05) is 16.9 Å². The van der Waals surface area contributed by atoms with E-state index in [1.54, 1.807) is 25.2 Å². The van der Waals surface area contributed by atoms with Crippen molar-refractivity contribution in [3.8, 4) is 0 Å². The summed E-state index contributed by atoms with van der Waals surface area (Å²) in [5, 5.41) is 7.29. The predicted molar refractivity (Wildman–Crippen MR) is 96.4 cm³/mol. The Balaban J connectivity index is 1.38. The number of carbonyl (C=O) groups excluding carboxylic acids is 2. The second kappa shape index (κ2) is 8.64. The van der Waals surface area contributed by atoms with Gasteiger partial charge in [-0.05, 0) is 18.9 Å². The van der Waals surface area contributed by atoms with Crippen LogP contribution in [0.15, 0.2) is 18.5 Å². The molecule has 2 aliphatic rings. The SMILES string of the molecule is CN(C)C(=O)C[C@H]1CN2C[C@H](NC(=O)CCCn3cccn3)C[C@H]2CO1. The van der Waals surface area contributed by atoms with E-state index in [1.165, 1.54) is 0 Å². The molecular weight excluding hydrogens is 334 g/mol. The Morgan fingerprint density at radius 3 is 2.92 bits per heavy atom. The van der Waals surface area contributed by atoms with Gasteiger partial charge in [-0.3, -0.25) is 19.2 Å². The first-order valence-electron chi connectivity index (χ1n) is 9.34. The standard InChI is InChI=1S/C18H29N5O3/c1-21(2)18(25)10-16-12-22-11-14(9-15(22)13-26-16)20-17(24)5-3-7-23-8-4-6-19-23/h4,6,8,14-16H,3,5,7,9-13H2,1-2H3,(H,20,24)/t14-,15+,16+/m1/s1. The second-order valence-electron chi connectivity index (χ2n) is 7.43. The van der Waals surface area contributed by atoms with Crippen molar-refractivity contribution < 1.29 is 14.3 Å². The van der Waals surface area contributed by atoms with Gasteiger partial charge in [-0.1, -0.05) is 0 Å². The maximum Gasteiger partial charge on any atom is 0.224 e. The van der Waals surface area contributed by atoms with Crippen LogP contribution in [-0.4, -0.2) is 83.4 Å². The smallest absolute Gasteiger partial charge is 0.224 e. The monoisotopic (exact) mass is 363 g/mol. The van der Waals surface area contributed by atoms with Crippen molar-refractivity contribution in [1.82, 2.24) is 24.9 Å². The average molecular weight is 363 g/mol. The molecule has 2 amide bonds. The number of amides is 2. The molecule has 3 atom stereocenters. The van der Waals surface area contributed by atoms with Crippen molar-refractivity contribution in [1.29, 1.82) is 0 Å². The highest BCUT2D eigenvalue weighted by molar-refractivity contribution is 5.76. The summed E-state index contributed by atoms with van der Waals surface area (Å²) >= 11 is 0. The van der Waals surface area contributed by atoms with E-state index >= 15 is 0 Å². The van der Waals surface area contributed by atoms with Crippen LogP contribution in [0, 0.1) is 0 Å². The highest BCUT2D eigenvalue weighted by atomic mass is 16.5. The van der Waals surface area contributed by atoms with E-state index in [-0.39, 0.29) is 24.0 Å². The number of morpholine rings is 1. The van der Waals surface area contributed by atoms with Gasteiger partial charge in [0.15, 0.2) is 0 Å². The van der Waals surface area contributed by atoms with E-state index in [4.69, 9.17) is 4.74 Å². The first-order valence-corrected chi connectivity index (χ1v) is 9.34. The lowest BCUT2D eigenvalue weighted by Gasteiger charge is -2.35. The number of hydrogen-bond acceptors (Lipinski definition) is 5. The number of aromatic nitrogens is 2. The van der Waals surface area contributed by atoms with Crippen LogP contribution in [0.2, 0.25) is 0 Å². The highest BCUT2D eigenvalue weighted by Crippen LogP contribution is 2.24. The number of nitrogens with zero attached hydrogens (tertiary/aromatic N) is 4. The lowest BCUT2D eigenvalue weighted by Crippen LogP contribution is -2.47. The summed E-state index contributed by atoms with van der Waals surface area (Å²) in [7, 11) is 3.53. The molecule has 2 fully saturated rings. The van der Waals surface area contributed by atoms with E-state index in [2.05, 4.69) is 15.3 Å². The van der Waals surface area contributed by atoms with Gasteiger partial charge in [0, 0.05) is 64.6 Å². The molecule has 1 aromatic heterocycles. The molecule has 0 unspecified atom stereocenters. The maximum absolute atomic E-state index is 12.2. The number of hydrogen-bond donors (Lipinski definition) is 1. The zero-order chi connectivity index (χ0) is 18.5. The highest BCUT2D eigenvalue weighted by Gasteiger charge is 2.38. The third-order valence-electron chi connectivity index (χ3n) is 5.11. The summed E-state index contributed by atoms with van der Waals surface area (Å²) in [6.45, 7) is 2.99. The normalized spacial score (nSPS) is 25.7. The molecule has 3 rings (SSSR count). The third-order valence-corrected chi connectivity index (χ3v) is 5.11. The van der Waals surface area contributed by atoms with Gasteiger partial charge >= 0.3 is 0 Å². The van der Waals surface area contributed by atoms with Crippen LogP contribution in [0.25, 0.3) is 0 Å². The number of ether oxygens (including phenoxy) is 1. The van der Waals surface area contributed by atoms with Gasteiger partial charge in [-0.15, -0.1) is 0 Å². The maximum atomic E-state index is 12.2. The van der Waals surface area contributed by atoms with E-state index in [0.29, 0.717) is 25.5 Å². The van der Waals surface area contributed by atoms with Crippen molar-refractivity contribution in [3.63, 3.8) is 0 Å². The number of rotatable bonds is 7. The van der Waals surface area contributed by atoms with Gasteiger partial charge < -0.3 is 15.0 Å². The van der Waals surface area contributed by atoms with Crippen molar-refractivity contribution in [2.75, 3.05) is 33.8 Å². The Bertz CT molecular complexity index is 604. The van der Waals surface area contributed by atoms with Gasteiger partial charge in [0.05, 0.1) is 19.1 Å². The molecule has 26 heavy (non-hydrogen) atoms. The van der Waals surface area contributed by atoms with E-state index in [0.717, 1.165) is 32.5 Å². The lowest BCUT2D eigenvalue weighted by atomic mass is 10.1. The molecule has 144 valence electrons. The molecule has 3 heterocycles. The summed E-state index contributed by atoms with van der Waals surface area (Å²) in [6, 6.07) is 2.40. The number of carbonyl (C=O) groups is 2. The summed E-state index contributed by atoms with van der Waals surface area (Å²) in [5.41, 5.74) is 0. The molecule has 0 bridgehead atoms. The largest absolute Gasteiger partial charge is 0.375 e. The predicted octanol–water partition coefficient (Wildman–Crippen LogP) is 0.0995. The molecule has 2 saturated heterocycles. The Labute approximate surface area is 154 Å². The fourth-order valence-electron chi connectivity index (χ4n) is 3.68. The molecule has 8 heteroatoms. The van der Waals surface area contributed by atoms with E-state index in [9.17, 15) is 9.59 Å². The average Bonchev–Trinajstić information content (AvgIpc) is 3.23. The minimum atomic E-state index is -0.0512. The fraction of sp³-hybridized carbons (Fsp3) is 0.722. The van der Waals surface area contributed by atoms with Gasteiger partial charge in [0.2, 0.25) is 11.8 Å². The first-order chi connectivity index (χ1) is 12.5. The zero-order valence-electron chi connectivity index (χ0n) is 15.6. The molecule has 0 aromatic carbocycles. The minimum absolute atomic E-state index is 0.0512. The topological polar surface area (TPSA) is 79.7 Å². The van der Waals surface area contributed by atoms with Gasteiger partial charge in [-0.2, -0.15) is 5.10 Å². The molecule has 0 saturated carbocycles. The number of aryl methyl sites for hydroxylation is 1. The summed E-state index contributed by atoms with van der Waals surface area (Å²) < 4.78 is 7.70. The Morgan fingerprint density at radius 1 is 1.35 bits per heavy atom. The van der Waals surface area contributed by atoms with Crippen molar-refractivity contribution in [3.05, 3.63) is 18.5 Å². The van der Waals surface area contributed by atoms with Crippen LogP contribution in [0.1, 0.15) is 25.7 Å². The summed E-state index contributed by atoms with van der Waals surface area (Å²) in [5.74, 6) is 0.192. The summed E-state index contributed by atoms with van der Waals surface area (Å²) in [4.78, 5) is 28.0. The number of fused-ring (bicyclic) bond motifs is 1. The Kier molecular flexibility index (Phi) is 6.26. The Morgan fingerprint density at radius 2 is 2.19 bits per heavy atom. The van der Waals surface area contributed by atoms with Crippen molar-refractivity contribution >= 4 is 11.8 Å². The number of nitrogens with one attached hydrogen (secondary N) is 1. The first kappa shape index (κ1) is 18.8. The molecule has 2 aliphatic heterocycles. The molecule has 1 aromatic rings. The summed E-state index contributed by atoms with van der Waals surface area (Å²) in [6.07, 6.45) is 6.23. The van der Waals surface area contributed by atoms with Gasteiger partial charge in [0.25, 0.3) is 0 Å².